The minimum atomic E-state index is -1.03. The quantitative estimate of drug-likeness (QED) is 0.235. The van der Waals surface area contributed by atoms with Crippen LogP contribution in [0, 0.1) is 5.92 Å². The maximum atomic E-state index is 13.7. The largest absolute Gasteiger partial charge is 0.456 e. The molecule has 2 heterocycles. The Kier molecular flexibility index (Phi) is 11.3. The summed E-state index contributed by atoms with van der Waals surface area (Å²) < 4.78 is 5.54. The van der Waals surface area contributed by atoms with Crippen LogP contribution in [0.3, 0.4) is 0 Å². The first-order valence-corrected chi connectivity index (χ1v) is 16.4. The van der Waals surface area contributed by atoms with Gasteiger partial charge < -0.3 is 26.0 Å². The molecular weight excluding hydrogens is 576 g/mol. The van der Waals surface area contributed by atoms with Crippen molar-refractivity contribution in [3.8, 4) is 0 Å². The third-order valence-electron chi connectivity index (χ3n) is 6.95. The van der Waals surface area contributed by atoms with Gasteiger partial charge in [0.25, 0.3) is 0 Å². The fraction of sp³-hybridized carbons (Fsp3) is 0.433. The first-order chi connectivity index (χ1) is 20.2. The van der Waals surface area contributed by atoms with E-state index in [0.29, 0.717) is 12.2 Å². The zero-order valence-electron chi connectivity index (χ0n) is 23.6. The average molecular weight is 613 g/mol. The molecule has 2 aliphatic heterocycles. The van der Waals surface area contributed by atoms with E-state index in [1.807, 2.05) is 48.5 Å². The van der Waals surface area contributed by atoms with Crippen LogP contribution in [0.1, 0.15) is 32.3 Å². The Morgan fingerprint density at radius 2 is 1.69 bits per heavy atom. The number of hydrogen-bond donors (Lipinski definition) is 4. The van der Waals surface area contributed by atoms with E-state index in [0.717, 1.165) is 16.3 Å². The van der Waals surface area contributed by atoms with Gasteiger partial charge in [-0.25, -0.2) is 0 Å². The minimum Gasteiger partial charge on any atom is -0.456 e. The van der Waals surface area contributed by atoms with Gasteiger partial charge in [-0.05, 0) is 34.8 Å². The van der Waals surface area contributed by atoms with Crippen LogP contribution < -0.4 is 21.3 Å². The highest BCUT2D eigenvalue weighted by Crippen LogP contribution is 2.24. The van der Waals surface area contributed by atoms with Crippen molar-refractivity contribution in [1.29, 1.82) is 0 Å². The number of amides is 4. The van der Waals surface area contributed by atoms with E-state index in [1.54, 1.807) is 19.9 Å². The van der Waals surface area contributed by atoms with Gasteiger partial charge in [-0.2, -0.15) is 0 Å². The Bertz CT molecular complexity index is 1340. The fourth-order valence-corrected chi connectivity index (χ4v) is 6.90. The van der Waals surface area contributed by atoms with E-state index in [2.05, 4.69) is 21.3 Å². The molecule has 0 spiro atoms. The monoisotopic (exact) mass is 612 g/mol. The number of esters is 1. The molecule has 2 aliphatic rings. The molecule has 2 bridgehead atoms. The number of carbonyl (C=O) groups excluding carboxylic acids is 5. The van der Waals surface area contributed by atoms with Crippen molar-refractivity contribution in [3.05, 3.63) is 60.2 Å². The van der Waals surface area contributed by atoms with Crippen LogP contribution in [-0.2, 0) is 35.1 Å². The lowest BCUT2D eigenvalue weighted by Gasteiger charge is -2.27. The van der Waals surface area contributed by atoms with Crippen LogP contribution in [0.15, 0.2) is 54.6 Å². The van der Waals surface area contributed by atoms with Crippen molar-refractivity contribution in [3.63, 3.8) is 0 Å². The molecule has 42 heavy (non-hydrogen) atoms. The summed E-state index contributed by atoms with van der Waals surface area (Å²) >= 11 is 0. The van der Waals surface area contributed by atoms with E-state index in [1.165, 1.54) is 21.6 Å². The van der Waals surface area contributed by atoms with Crippen molar-refractivity contribution in [2.75, 3.05) is 18.1 Å². The first kappa shape index (κ1) is 31.4. The third-order valence-corrected chi connectivity index (χ3v) is 9.40. The number of nitrogens with one attached hydrogen (secondary N) is 4. The topological polar surface area (TPSA) is 143 Å². The Labute approximate surface area is 252 Å². The van der Waals surface area contributed by atoms with Crippen LogP contribution >= 0.6 is 21.6 Å². The molecule has 1 saturated heterocycles. The molecule has 0 aromatic heterocycles. The van der Waals surface area contributed by atoms with E-state index in [4.69, 9.17) is 4.74 Å². The zero-order chi connectivity index (χ0) is 30.1. The van der Waals surface area contributed by atoms with Gasteiger partial charge in [-0.15, -0.1) is 0 Å². The Morgan fingerprint density at radius 1 is 0.905 bits per heavy atom. The zero-order valence-corrected chi connectivity index (χ0v) is 25.2. The van der Waals surface area contributed by atoms with E-state index >= 15 is 0 Å². The van der Waals surface area contributed by atoms with Crippen molar-refractivity contribution >= 4 is 62.0 Å². The second-order valence-electron chi connectivity index (χ2n) is 10.5. The van der Waals surface area contributed by atoms with Crippen LogP contribution in [0.5, 0.6) is 0 Å². The lowest BCUT2D eigenvalue weighted by molar-refractivity contribution is -0.148. The SMILES string of the molecule is CC(C)[C@H]1NC(=O)CC2/C=C/CCSSCC(NC1=O)C(=O)N[C@@H](Cc1cccc3ccccc13)C(=O)NCC(=O)O2. The smallest absolute Gasteiger partial charge is 0.326 e. The molecule has 4 amide bonds. The number of fused-ring (bicyclic) bond motifs is 8. The third kappa shape index (κ3) is 8.75. The van der Waals surface area contributed by atoms with Crippen molar-refractivity contribution in [2.24, 2.45) is 5.92 Å². The van der Waals surface area contributed by atoms with E-state index in [9.17, 15) is 24.0 Å². The Balaban J connectivity index is 1.70. The second kappa shape index (κ2) is 15.1. The van der Waals surface area contributed by atoms with E-state index in [-0.39, 0.29) is 24.5 Å². The van der Waals surface area contributed by atoms with Gasteiger partial charge in [0.1, 0.15) is 30.8 Å². The predicted octanol–water partition coefficient (Wildman–Crippen LogP) is 2.27. The maximum absolute atomic E-state index is 13.7. The van der Waals surface area contributed by atoms with Crippen LogP contribution in [-0.4, -0.2) is 71.9 Å². The summed E-state index contributed by atoms with van der Waals surface area (Å²) in [4.78, 5) is 66.1. The summed E-state index contributed by atoms with van der Waals surface area (Å²) in [6.07, 6.45) is 3.23. The van der Waals surface area contributed by atoms with Crippen LogP contribution in [0.4, 0.5) is 0 Å². The molecule has 224 valence electrons. The molecule has 0 radical (unpaired) electrons. The molecule has 10 nitrogen and oxygen atoms in total. The summed E-state index contributed by atoms with van der Waals surface area (Å²) in [6.45, 7) is 3.14. The highest BCUT2D eigenvalue weighted by Gasteiger charge is 2.32. The second-order valence-corrected chi connectivity index (χ2v) is 13.2. The van der Waals surface area contributed by atoms with Crippen molar-refractivity contribution in [1.82, 2.24) is 21.3 Å². The maximum Gasteiger partial charge on any atom is 0.326 e. The molecule has 4 rings (SSSR count). The average Bonchev–Trinajstić information content (AvgIpc) is 2.96. The molecule has 4 atom stereocenters. The molecule has 2 unspecified atom stereocenters. The lowest BCUT2D eigenvalue weighted by Crippen LogP contribution is -2.59. The number of rotatable bonds is 3. The molecule has 4 N–H and O–H groups in total. The van der Waals surface area contributed by atoms with Gasteiger partial charge in [-0.3, -0.25) is 24.0 Å². The van der Waals surface area contributed by atoms with Crippen LogP contribution in [0.25, 0.3) is 10.8 Å². The molecule has 12 heteroatoms. The highest BCUT2D eigenvalue weighted by molar-refractivity contribution is 8.76. The van der Waals surface area contributed by atoms with Crippen LogP contribution in [0.2, 0.25) is 0 Å². The van der Waals surface area contributed by atoms with Crippen molar-refractivity contribution < 1.29 is 28.7 Å². The Morgan fingerprint density at radius 3 is 2.50 bits per heavy atom. The summed E-state index contributed by atoms with van der Waals surface area (Å²) in [7, 11) is 2.97. The summed E-state index contributed by atoms with van der Waals surface area (Å²) in [6, 6.07) is 10.6. The number of allylic oxidation sites excluding steroid dienone is 1. The highest BCUT2D eigenvalue weighted by atomic mass is 33.1. The Hall–Kier alpha value is -3.51. The summed E-state index contributed by atoms with van der Waals surface area (Å²) in [5, 5.41) is 12.9. The van der Waals surface area contributed by atoms with Gasteiger partial charge in [-0.1, -0.05) is 84.0 Å². The number of carbonyl (C=O) groups is 5. The standard InChI is InChI=1S/C30H36N4O6S2/c1-18(2)27-30(39)33-24-17-42-41-13-6-5-11-21(15-25(35)34-27)40-26(36)16-31-28(37)23(32-29(24)38)14-20-10-7-9-19-8-3-4-12-22(19)20/h3-5,7-12,18,21,23-24,27H,6,13-17H2,1-2H3,(H,31,37)(H,32,38)(H,33,39)(H,34,35)/b11-5+/t21?,23-,24?,27+/m0/s1. The molecule has 0 aliphatic carbocycles. The fourth-order valence-electron chi connectivity index (χ4n) is 4.75. The number of ether oxygens (including phenoxy) is 1. The molecule has 2 aromatic carbocycles. The lowest BCUT2D eigenvalue weighted by atomic mass is 9.98. The molecule has 2 aromatic rings. The van der Waals surface area contributed by atoms with Gasteiger partial charge >= 0.3 is 5.97 Å². The molecule has 1 fully saturated rings. The minimum absolute atomic E-state index is 0.159. The molecule has 0 saturated carbocycles. The van der Waals surface area contributed by atoms with Gasteiger partial charge in [0.15, 0.2) is 0 Å². The van der Waals surface area contributed by atoms with Gasteiger partial charge in [0.2, 0.25) is 23.6 Å². The van der Waals surface area contributed by atoms with Gasteiger partial charge in [0.05, 0.1) is 6.42 Å². The summed E-state index contributed by atoms with van der Waals surface area (Å²) in [5.74, 6) is -2.14. The van der Waals surface area contributed by atoms with Crippen molar-refractivity contribution in [2.45, 2.75) is 57.3 Å². The van der Waals surface area contributed by atoms with E-state index < -0.39 is 60.4 Å². The predicted molar refractivity (Wildman–Crippen MR) is 164 cm³/mol. The molecular formula is C30H36N4O6S2. The normalized spacial score (nSPS) is 25.9. The first-order valence-electron chi connectivity index (χ1n) is 14.0. The number of hydrogen-bond acceptors (Lipinski definition) is 8. The summed E-state index contributed by atoms with van der Waals surface area (Å²) in [5.41, 5.74) is 0.842. The number of benzene rings is 2. The van der Waals surface area contributed by atoms with Gasteiger partial charge in [0, 0.05) is 17.9 Å².